The molecule has 2 aliphatic heterocycles. The van der Waals surface area contributed by atoms with Gasteiger partial charge in [0.15, 0.2) is 11.4 Å². The summed E-state index contributed by atoms with van der Waals surface area (Å²) in [4.78, 5) is 40.3. The second-order valence-electron chi connectivity index (χ2n) is 9.56. The number of halogens is 2. The average molecular weight is 457 g/mol. The van der Waals surface area contributed by atoms with Gasteiger partial charge in [-0.15, -0.1) is 0 Å². The van der Waals surface area contributed by atoms with Crippen LogP contribution in [-0.4, -0.2) is 43.6 Å². The number of nitrogens with zero attached hydrogens (tertiary/aromatic N) is 2. The van der Waals surface area contributed by atoms with Crippen LogP contribution in [0.3, 0.4) is 0 Å². The second-order valence-corrected chi connectivity index (χ2v) is 9.56. The van der Waals surface area contributed by atoms with Gasteiger partial charge < -0.3 is 31.4 Å². The molecule has 3 heterocycles. The lowest BCUT2D eigenvalue weighted by Crippen LogP contribution is -2.66. The fraction of sp³-hybridized carbons (Fsp3) is 0.409. The van der Waals surface area contributed by atoms with Gasteiger partial charge in [0.25, 0.3) is 11.8 Å². The molecule has 5 atom stereocenters. The molecule has 1 aromatic carbocycles. The standard InChI is InChI=1S/C22H21F2N5O4/c23-10-2-1-9(14(24)3-10)5-27-19(32)11-6-28-7-15-21(25)8-22(26,13-4-12(13)21)29(15)20(33)16(28)18(31)17(11)30/h1-3,6,12-13,15,31H,4-5,7-8,25-26H2,(H,27,32)/t12?,13?,15?,21?,22-/m0/s1. The molecule has 4 unspecified atom stereocenters. The van der Waals surface area contributed by atoms with Crippen LogP contribution in [0.5, 0.6) is 5.75 Å². The Morgan fingerprint density at radius 1 is 1.24 bits per heavy atom. The van der Waals surface area contributed by atoms with Gasteiger partial charge in [0.2, 0.25) is 5.43 Å². The van der Waals surface area contributed by atoms with E-state index in [-0.39, 0.29) is 36.2 Å². The lowest BCUT2D eigenvalue weighted by atomic mass is 9.86. The molecule has 2 amide bonds. The highest BCUT2D eigenvalue weighted by molar-refractivity contribution is 6.00. The van der Waals surface area contributed by atoms with Gasteiger partial charge in [0.1, 0.15) is 17.2 Å². The lowest BCUT2D eigenvalue weighted by molar-refractivity contribution is 0.0205. The highest BCUT2D eigenvalue weighted by atomic mass is 19.1. The van der Waals surface area contributed by atoms with Crippen LogP contribution in [-0.2, 0) is 13.1 Å². The molecule has 2 saturated carbocycles. The van der Waals surface area contributed by atoms with E-state index < -0.39 is 57.4 Å². The maximum Gasteiger partial charge on any atom is 0.276 e. The number of nitrogens with one attached hydrogen (secondary N) is 1. The molecule has 1 saturated heterocycles. The largest absolute Gasteiger partial charge is 0.503 e. The molecular formula is C22H21F2N5O4. The molecule has 6 N–H and O–H groups in total. The third-order valence-corrected chi connectivity index (χ3v) is 7.84. The first-order chi connectivity index (χ1) is 15.6. The fourth-order valence-corrected chi connectivity index (χ4v) is 6.25. The van der Waals surface area contributed by atoms with Crippen molar-refractivity contribution in [1.29, 1.82) is 0 Å². The van der Waals surface area contributed by atoms with E-state index in [0.717, 1.165) is 12.5 Å². The van der Waals surface area contributed by atoms with Gasteiger partial charge in [-0.1, -0.05) is 6.07 Å². The summed E-state index contributed by atoms with van der Waals surface area (Å²) in [5.74, 6) is -3.55. The van der Waals surface area contributed by atoms with Crippen molar-refractivity contribution in [2.24, 2.45) is 23.3 Å². The van der Waals surface area contributed by atoms with Crippen molar-refractivity contribution in [3.8, 4) is 5.75 Å². The number of rotatable bonds is 3. The summed E-state index contributed by atoms with van der Waals surface area (Å²) < 4.78 is 28.3. The third-order valence-electron chi connectivity index (χ3n) is 7.84. The summed E-state index contributed by atoms with van der Waals surface area (Å²) in [6.45, 7) is -0.118. The zero-order chi connectivity index (χ0) is 23.4. The maximum absolute atomic E-state index is 13.9. The van der Waals surface area contributed by atoms with Gasteiger partial charge >= 0.3 is 0 Å². The number of hydrogen-bond acceptors (Lipinski definition) is 6. The van der Waals surface area contributed by atoms with E-state index in [2.05, 4.69) is 5.32 Å². The fourth-order valence-electron chi connectivity index (χ4n) is 6.25. The minimum Gasteiger partial charge on any atom is -0.503 e. The minimum atomic E-state index is -1.02. The monoisotopic (exact) mass is 457 g/mol. The molecule has 9 nitrogen and oxygen atoms in total. The predicted octanol–water partition coefficient (Wildman–Crippen LogP) is -0.00760. The van der Waals surface area contributed by atoms with Gasteiger partial charge in [-0.2, -0.15) is 0 Å². The van der Waals surface area contributed by atoms with Crippen LogP contribution in [0.1, 0.15) is 39.3 Å². The van der Waals surface area contributed by atoms with Crippen LogP contribution in [0.4, 0.5) is 8.78 Å². The number of carbonyl (C=O) groups excluding carboxylic acids is 2. The average Bonchev–Trinajstić information content (AvgIpc) is 3.49. The molecule has 2 aromatic rings. The Morgan fingerprint density at radius 3 is 2.73 bits per heavy atom. The Bertz CT molecular complexity index is 1330. The Hall–Kier alpha value is -3.31. The second kappa shape index (κ2) is 6.17. The van der Waals surface area contributed by atoms with Crippen molar-refractivity contribution in [3.63, 3.8) is 0 Å². The molecule has 3 fully saturated rings. The molecule has 33 heavy (non-hydrogen) atoms. The van der Waals surface area contributed by atoms with Gasteiger partial charge in [-0.25, -0.2) is 8.78 Å². The summed E-state index contributed by atoms with van der Waals surface area (Å²) in [5, 5.41) is 13.0. The third kappa shape index (κ3) is 2.48. The zero-order valence-corrected chi connectivity index (χ0v) is 17.3. The lowest BCUT2D eigenvalue weighted by Gasteiger charge is -2.46. The predicted molar refractivity (Wildman–Crippen MR) is 110 cm³/mol. The van der Waals surface area contributed by atoms with Gasteiger partial charge in [-0.05, 0) is 18.4 Å². The summed E-state index contributed by atoms with van der Waals surface area (Å²) >= 11 is 0. The molecule has 0 spiro atoms. The molecule has 1 aromatic heterocycles. The minimum absolute atomic E-state index is 0.0251. The van der Waals surface area contributed by atoms with Crippen molar-refractivity contribution >= 4 is 11.8 Å². The first-order valence-electron chi connectivity index (χ1n) is 10.7. The smallest absolute Gasteiger partial charge is 0.276 e. The van der Waals surface area contributed by atoms with Crippen molar-refractivity contribution in [1.82, 2.24) is 14.8 Å². The number of carbonyl (C=O) groups is 2. The van der Waals surface area contributed by atoms with E-state index in [1.165, 1.54) is 21.7 Å². The Labute approximate surface area is 186 Å². The Balaban J connectivity index is 1.33. The summed E-state index contributed by atoms with van der Waals surface area (Å²) in [6.07, 6.45) is 2.49. The van der Waals surface area contributed by atoms with Crippen LogP contribution in [0.25, 0.3) is 0 Å². The Kier molecular flexibility index (Phi) is 3.80. The molecular weight excluding hydrogens is 436 g/mol. The molecule has 4 aliphatic rings. The van der Waals surface area contributed by atoms with E-state index in [0.29, 0.717) is 12.5 Å². The number of fused-ring (bicyclic) bond motifs is 9. The van der Waals surface area contributed by atoms with Crippen molar-refractivity contribution in [2.45, 2.75) is 43.2 Å². The molecule has 6 rings (SSSR count). The summed E-state index contributed by atoms with van der Waals surface area (Å²) in [7, 11) is 0. The number of aromatic nitrogens is 1. The molecule has 2 aliphatic carbocycles. The van der Waals surface area contributed by atoms with E-state index >= 15 is 0 Å². The Morgan fingerprint density at radius 2 is 2.00 bits per heavy atom. The SMILES string of the molecule is NC12C[C@@](N)(C3CC31)N1C(=O)c3c(O)c(=O)c(C(=O)NCc4ccc(F)cc4F)cn3CC12. The van der Waals surface area contributed by atoms with E-state index in [1.807, 2.05) is 0 Å². The summed E-state index contributed by atoms with van der Waals surface area (Å²) in [6, 6.07) is 2.50. The molecule has 172 valence electrons. The van der Waals surface area contributed by atoms with E-state index in [9.17, 15) is 28.3 Å². The van der Waals surface area contributed by atoms with E-state index in [4.69, 9.17) is 11.5 Å². The molecule has 11 heteroatoms. The molecule has 0 radical (unpaired) electrons. The van der Waals surface area contributed by atoms with Crippen molar-refractivity contribution < 1.29 is 23.5 Å². The molecule has 2 bridgehead atoms. The number of pyridine rings is 1. The van der Waals surface area contributed by atoms with Crippen LogP contribution in [0.15, 0.2) is 29.2 Å². The number of aromatic hydroxyl groups is 1. The number of nitrogens with two attached hydrogens (primary N) is 2. The first kappa shape index (κ1) is 20.3. The number of amides is 2. The van der Waals surface area contributed by atoms with Gasteiger partial charge in [0.05, 0.1) is 11.7 Å². The highest BCUT2D eigenvalue weighted by Gasteiger charge is 2.79. The zero-order valence-electron chi connectivity index (χ0n) is 17.3. The normalized spacial score (nSPS) is 32.9. The maximum atomic E-state index is 13.9. The van der Waals surface area contributed by atoms with Crippen LogP contribution in [0.2, 0.25) is 0 Å². The number of piperidine rings is 1. The number of benzene rings is 1. The summed E-state index contributed by atoms with van der Waals surface area (Å²) in [5.41, 5.74) is 10.1. The van der Waals surface area contributed by atoms with Gasteiger partial charge in [0, 0.05) is 48.8 Å². The van der Waals surface area contributed by atoms with Crippen LogP contribution >= 0.6 is 0 Å². The topological polar surface area (TPSA) is 144 Å². The van der Waals surface area contributed by atoms with Crippen molar-refractivity contribution in [3.05, 3.63) is 63.1 Å². The quantitative estimate of drug-likeness (QED) is 0.511. The van der Waals surface area contributed by atoms with Crippen molar-refractivity contribution in [2.75, 3.05) is 0 Å². The van der Waals surface area contributed by atoms with Crippen LogP contribution in [0, 0.1) is 23.5 Å². The van der Waals surface area contributed by atoms with E-state index in [1.54, 1.807) is 0 Å². The number of hydrogen-bond donors (Lipinski definition) is 4. The first-order valence-corrected chi connectivity index (χ1v) is 10.7. The van der Waals surface area contributed by atoms with Gasteiger partial charge in [-0.3, -0.25) is 14.4 Å². The van der Waals surface area contributed by atoms with Crippen LogP contribution < -0.4 is 22.2 Å². The highest BCUT2D eigenvalue weighted by Crippen LogP contribution is 2.68.